The molecule has 40 heavy (non-hydrogen) atoms. The third-order valence-electron chi connectivity index (χ3n) is 9.12. The van der Waals surface area contributed by atoms with Gasteiger partial charge in [0.15, 0.2) is 0 Å². The van der Waals surface area contributed by atoms with Crippen LogP contribution in [0.25, 0.3) is 10.9 Å². The van der Waals surface area contributed by atoms with Crippen LogP contribution in [0.2, 0.25) is 0 Å². The maximum atomic E-state index is 13.3. The number of benzene rings is 1. The second kappa shape index (κ2) is 12.3. The summed E-state index contributed by atoms with van der Waals surface area (Å²) < 4.78 is 26.7. The van der Waals surface area contributed by atoms with Crippen molar-refractivity contribution < 1.29 is 13.2 Å². The number of carbonyl (C=O) groups is 1. The van der Waals surface area contributed by atoms with E-state index in [2.05, 4.69) is 15.1 Å². The number of piperidine rings is 1. The van der Waals surface area contributed by atoms with Gasteiger partial charge < -0.3 is 14.8 Å². The highest BCUT2D eigenvalue weighted by atomic mass is 32.2. The van der Waals surface area contributed by atoms with Gasteiger partial charge in [-0.15, -0.1) is 0 Å². The molecule has 5 rings (SSSR count). The predicted octanol–water partition coefficient (Wildman–Crippen LogP) is 3.06. The molecule has 1 aromatic carbocycles. The van der Waals surface area contributed by atoms with Crippen molar-refractivity contribution in [2.24, 2.45) is 0 Å². The highest BCUT2D eigenvalue weighted by Gasteiger charge is 2.40. The molecule has 0 spiro atoms. The molecule has 0 saturated carbocycles. The number of pyridine rings is 1. The van der Waals surface area contributed by atoms with Crippen LogP contribution < -0.4 is 10.9 Å². The summed E-state index contributed by atoms with van der Waals surface area (Å²) in [6.45, 7) is 8.93. The number of sulfonamides is 1. The van der Waals surface area contributed by atoms with Gasteiger partial charge in [0, 0.05) is 50.3 Å². The summed E-state index contributed by atoms with van der Waals surface area (Å²) in [5.74, 6) is -0.250. The summed E-state index contributed by atoms with van der Waals surface area (Å²) in [6, 6.07) is 10.6. The molecule has 2 atom stereocenters. The number of nitrogens with zero attached hydrogens (tertiary/aromatic N) is 4. The van der Waals surface area contributed by atoms with Crippen molar-refractivity contribution in [2.45, 2.75) is 83.0 Å². The highest BCUT2D eigenvalue weighted by molar-refractivity contribution is 7.88. The Bertz CT molecular complexity index is 1350. The molecule has 0 unspecified atom stereocenters. The van der Waals surface area contributed by atoms with Crippen LogP contribution in [0.3, 0.4) is 0 Å². The zero-order chi connectivity index (χ0) is 28.4. The molecule has 1 amide bonds. The summed E-state index contributed by atoms with van der Waals surface area (Å²) in [4.78, 5) is 31.7. The molecular formula is C30H45N5O4S. The van der Waals surface area contributed by atoms with E-state index in [4.69, 9.17) is 0 Å². The Morgan fingerprint density at radius 3 is 2.27 bits per heavy atom. The summed E-state index contributed by atoms with van der Waals surface area (Å²) >= 11 is 0. The first-order chi connectivity index (χ1) is 19.1. The van der Waals surface area contributed by atoms with Gasteiger partial charge in [-0.1, -0.05) is 24.6 Å². The van der Waals surface area contributed by atoms with E-state index in [-0.39, 0.29) is 29.1 Å². The average molecular weight is 572 g/mol. The second-order valence-electron chi connectivity index (χ2n) is 12.2. The number of amides is 1. The number of carbonyl (C=O) groups excluding carboxylic acids is 1. The monoisotopic (exact) mass is 571 g/mol. The normalized spacial score (nSPS) is 24.6. The third-order valence-corrected chi connectivity index (χ3v) is 10.4. The van der Waals surface area contributed by atoms with Crippen LogP contribution in [-0.4, -0.2) is 96.6 Å². The Balaban J connectivity index is 1.09. The van der Waals surface area contributed by atoms with E-state index >= 15 is 0 Å². The van der Waals surface area contributed by atoms with Gasteiger partial charge in [-0.25, -0.2) is 8.42 Å². The van der Waals surface area contributed by atoms with Crippen LogP contribution in [0, 0.1) is 0 Å². The number of para-hydroxylation sites is 1. The number of rotatable bonds is 10. The van der Waals surface area contributed by atoms with Crippen molar-refractivity contribution in [1.82, 2.24) is 24.0 Å². The van der Waals surface area contributed by atoms with Crippen molar-refractivity contribution in [3.63, 3.8) is 0 Å². The van der Waals surface area contributed by atoms with E-state index in [1.54, 1.807) is 14.9 Å². The summed E-state index contributed by atoms with van der Waals surface area (Å²) in [7, 11) is -3.07. The minimum Gasteiger partial charge on any atom is -0.349 e. The summed E-state index contributed by atoms with van der Waals surface area (Å²) in [5, 5.41) is 4.14. The fourth-order valence-electron chi connectivity index (χ4n) is 7.07. The molecule has 220 valence electrons. The maximum absolute atomic E-state index is 13.3. The number of hydrogen-bond donors (Lipinski definition) is 1. The molecule has 0 radical (unpaired) electrons. The lowest BCUT2D eigenvalue weighted by atomic mass is 9.96. The van der Waals surface area contributed by atoms with Crippen LogP contribution in [0.15, 0.2) is 35.1 Å². The average Bonchev–Trinajstić information content (AvgIpc) is 3.14. The molecule has 1 N–H and O–H groups in total. The molecule has 3 saturated heterocycles. The molecule has 3 fully saturated rings. The van der Waals surface area contributed by atoms with E-state index in [0.29, 0.717) is 25.2 Å². The zero-order valence-corrected chi connectivity index (χ0v) is 25.0. The summed E-state index contributed by atoms with van der Waals surface area (Å²) in [5.41, 5.74) is 0.878. The van der Waals surface area contributed by atoms with Crippen LogP contribution in [-0.2, 0) is 10.0 Å². The van der Waals surface area contributed by atoms with Crippen molar-refractivity contribution in [3.05, 3.63) is 46.2 Å². The molecule has 0 aliphatic carbocycles. The molecule has 9 nitrogen and oxygen atoms in total. The molecule has 3 aliphatic rings. The topological polar surface area (TPSA) is 95.0 Å². The van der Waals surface area contributed by atoms with Gasteiger partial charge in [0.1, 0.15) is 5.56 Å². The number of nitrogens with one attached hydrogen (secondary N) is 1. The van der Waals surface area contributed by atoms with Gasteiger partial charge in [-0.3, -0.25) is 14.5 Å². The fourth-order valence-corrected chi connectivity index (χ4v) is 7.90. The van der Waals surface area contributed by atoms with Crippen molar-refractivity contribution in [2.75, 3.05) is 45.5 Å². The lowest BCUT2D eigenvalue weighted by Crippen LogP contribution is -2.51. The Morgan fingerprint density at radius 2 is 1.62 bits per heavy atom. The number of fused-ring (bicyclic) bond motifs is 3. The molecule has 3 aliphatic heterocycles. The molecular weight excluding hydrogens is 526 g/mol. The third kappa shape index (κ3) is 6.45. The van der Waals surface area contributed by atoms with Gasteiger partial charge in [-0.2, -0.15) is 4.31 Å². The van der Waals surface area contributed by atoms with Gasteiger partial charge in [0.25, 0.3) is 11.5 Å². The minimum atomic E-state index is -3.07. The largest absolute Gasteiger partial charge is 0.349 e. The summed E-state index contributed by atoms with van der Waals surface area (Å²) in [6.07, 6.45) is 9.01. The molecule has 2 aromatic rings. The minimum absolute atomic E-state index is 0.0330. The predicted molar refractivity (Wildman–Crippen MR) is 159 cm³/mol. The number of unbranched alkanes of at least 4 members (excludes halogenated alkanes) is 2. The lowest BCUT2D eigenvalue weighted by molar-refractivity contribution is 0.0838. The number of hydrogen-bond acceptors (Lipinski definition) is 6. The van der Waals surface area contributed by atoms with E-state index in [1.165, 1.54) is 31.9 Å². The van der Waals surface area contributed by atoms with Crippen LogP contribution in [0.4, 0.5) is 0 Å². The van der Waals surface area contributed by atoms with Gasteiger partial charge in [-0.05, 0) is 83.0 Å². The second-order valence-corrected chi connectivity index (χ2v) is 14.2. The maximum Gasteiger partial charge on any atom is 0.264 e. The van der Waals surface area contributed by atoms with E-state index in [0.717, 1.165) is 56.3 Å². The van der Waals surface area contributed by atoms with Gasteiger partial charge in [0.05, 0.1) is 11.8 Å². The van der Waals surface area contributed by atoms with Crippen molar-refractivity contribution in [3.8, 4) is 0 Å². The first kappa shape index (κ1) is 29.2. The van der Waals surface area contributed by atoms with Crippen LogP contribution in [0.5, 0.6) is 0 Å². The van der Waals surface area contributed by atoms with Crippen molar-refractivity contribution >= 4 is 26.8 Å². The number of aromatic nitrogens is 1. The standard InChI is InChI=1S/C30H45N5O4S/c1-22(2)35-28-10-6-5-9-23(28)19-27(30(35)37)29(36)31-24-20-25-11-12-26(21-24)34(25)14-8-4-7-13-32-15-17-33(18-16-32)40(3,38)39/h5-6,9-10,19,22,24-26H,4,7-8,11-18,20-21H2,1-3H3,(H,31,36)/t25-,26-/m1/s1. The van der Waals surface area contributed by atoms with Gasteiger partial charge >= 0.3 is 0 Å². The Morgan fingerprint density at radius 1 is 0.975 bits per heavy atom. The van der Waals surface area contributed by atoms with Crippen LogP contribution in [0.1, 0.15) is 75.2 Å². The SMILES string of the molecule is CC(C)n1c(=O)c(C(=O)NC2C[C@H]3CC[C@H](C2)N3CCCCCN2CCN(S(C)(=O)=O)CC2)cc2ccccc21. The van der Waals surface area contributed by atoms with Gasteiger partial charge in [0.2, 0.25) is 10.0 Å². The van der Waals surface area contributed by atoms with E-state index < -0.39 is 10.0 Å². The molecule has 1 aromatic heterocycles. The molecule has 4 heterocycles. The Labute approximate surface area is 238 Å². The Kier molecular flexibility index (Phi) is 8.99. The van der Waals surface area contributed by atoms with E-state index in [1.807, 2.05) is 38.1 Å². The first-order valence-corrected chi connectivity index (χ1v) is 16.8. The number of piperazine rings is 1. The fraction of sp³-hybridized carbons (Fsp3) is 0.667. The van der Waals surface area contributed by atoms with Crippen molar-refractivity contribution in [1.29, 1.82) is 0 Å². The Hall–Kier alpha value is -2.27. The first-order valence-electron chi connectivity index (χ1n) is 15.0. The highest BCUT2D eigenvalue weighted by Crippen LogP contribution is 2.36. The van der Waals surface area contributed by atoms with Crippen LogP contribution >= 0.6 is 0 Å². The molecule has 10 heteroatoms. The smallest absolute Gasteiger partial charge is 0.264 e. The zero-order valence-electron chi connectivity index (χ0n) is 24.2. The molecule has 2 bridgehead atoms. The quantitative estimate of drug-likeness (QED) is 0.441. The lowest BCUT2D eigenvalue weighted by Gasteiger charge is -2.39. The van der Waals surface area contributed by atoms with E-state index in [9.17, 15) is 18.0 Å².